The lowest BCUT2D eigenvalue weighted by Gasteiger charge is -2.22. The van der Waals surface area contributed by atoms with Crippen molar-refractivity contribution < 1.29 is 37.4 Å². The van der Waals surface area contributed by atoms with Gasteiger partial charge in [0.2, 0.25) is 19.5 Å². The summed E-state index contributed by atoms with van der Waals surface area (Å²) in [5, 5.41) is 0. The molecule has 0 bridgehead atoms. The van der Waals surface area contributed by atoms with Gasteiger partial charge in [0, 0.05) is 12.8 Å². The van der Waals surface area contributed by atoms with Crippen LogP contribution in [0.3, 0.4) is 0 Å². The molecule has 1 atom stereocenters. The van der Waals surface area contributed by atoms with Gasteiger partial charge in [-0.05, 0) is 25.2 Å². The van der Waals surface area contributed by atoms with Crippen LogP contribution in [0.2, 0.25) is 0 Å². The fourth-order valence-corrected chi connectivity index (χ4v) is 4.21. The number of nitrogens with zero attached hydrogens (tertiary/aromatic N) is 4. The molecule has 14 heteroatoms. The van der Waals surface area contributed by atoms with Crippen LogP contribution < -0.4 is 5.73 Å². The van der Waals surface area contributed by atoms with E-state index in [0.29, 0.717) is 37.0 Å². The van der Waals surface area contributed by atoms with Crippen LogP contribution in [0.15, 0.2) is 12.5 Å². The quantitative estimate of drug-likeness (QED) is 0.210. The summed E-state index contributed by atoms with van der Waals surface area (Å²) in [5.41, 5.74) is 6.20. The Hall–Kier alpha value is -2.60. The summed E-state index contributed by atoms with van der Waals surface area (Å²) in [5.74, 6) is -0.758. The second-order valence-electron chi connectivity index (χ2n) is 8.75. The van der Waals surface area contributed by atoms with Crippen LogP contribution in [0.4, 0.5) is 5.95 Å². The molecule has 0 radical (unpaired) electrons. The van der Waals surface area contributed by atoms with E-state index < -0.39 is 45.1 Å². The smallest absolute Gasteiger partial charge is 0.361 e. The lowest BCUT2D eigenvalue weighted by Crippen LogP contribution is -2.23. The molecule has 1 fully saturated rings. The molecule has 2 aromatic heterocycles. The number of nitrogen functional groups attached to an aromatic ring is 1. The van der Waals surface area contributed by atoms with Crippen molar-refractivity contribution in [1.29, 1.82) is 0 Å². The number of rotatable bonds is 15. The van der Waals surface area contributed by atoms with Crippen LogP contribution in [0, 0.1) is 5.92 Å². The number of hydrogen-bond donors (Lipinski definition) is 1. The second-order valence-corrected chi connectivity index (χ2v) is 10.7. The van der Waals surface area contributed by atoms with E-state index in [1.807, 2.05) is 20.8 Å². The minimum atomic E-state index is -3.93. The molecule has 0 aromatic carbocycles. The molecule has 1 aliphatic carbocycles. The number of esters is 2. The van der Waals surface area contributed by atoms with Crippen molar-refractivity contribution in [3.63, 3.8) is 0 Å². The van der Waals surface area contributed by atoms with E-state index in [0.717, 1.165) is 0 Å². The third kappa shape index (κ3) is 8.24. The standard InChI is InChI=1S/C21H32N5O8P/c1-4-5-17(27)30-12-33-35(29,34-13-31-18(28)8-15(2)3)14-32-21(6-7-21)10-26-11-24-16-9-23-20(22)25-19(16)26/h9,11,15H,4-8,10,12-14H2,1-3H3,(H2,22,23,25). The van der Waals surface area contributed by atoms with E-state index in [-0.39, 0.29) is 24.7 Å². The van der Waals surface area contributed by atoms with Crippen LogP contribution >= 0.6 is 7.60 Å². The second kappa shape index (κ2) is 11.9. The molecule has 0 saturated heterocycles. The highest BCUT2D eigenvalue weighted by molar-refractivity contribution is 7.53. The minimum absolute atomic E-state index is 0.0986. The zero-order valence-corrected chi connectivity index (χ0v) is 21.1. The van der Waals surface area contributed by atoms with Gasteiger partial charge in [-0.3, -0.25) is 23.2 Å². The third-order valence-electron chi connectivity index (χ3n) is 5.14. The molecule has 2 heterocycles. The average molecular weight is 513 g/mol. The average Bonchev–Trinajstić information content (AvgIpc) is 3.45. The number of anilines is 1. The van der Waals surface area contributed by atoms with Gasteiger partial charge in [0.15, 0.2) is 5.65 Å². The summed E-state index contributed by atoms with van der Waals surface area (Å²) in [6.45, 7) is 4.80. The van der Waals surface area contributed by atoms with Crippen molar-refractivity contribution in [2.75, 3.05) is 25.7 Å². The van der Waals surface area contributed by atoms with E-state index in [2.05, 4.69) is 15.0 Å². The van der Waals surface area contributed by atoms with E-state index in [9.17, 15) is 14.2 Å². The van der Waals surface area contributed by atoms with Crippen molar-refractivity contribution in [3.05, 3.63) is 12.5 Å². The predicted molar refractivity (Wildman–Crippen MR) is 124 cm³/mol. The minimum Gasteiger partial charge on any atom is -0.438 e. The molecular formula is C21H32N5O8P. The maximum Gasteiger partial charge on any atom is 0.361 e. The summed E-state index contributed by atoms with van der Waals surface area (Å²) in [6.07, 6.45) is 5.10. The molecule has 0 spiro atoms. The predicted octanol–water partition coefficient (Wildman–Crippen LogP) is 2.99. The summed E-state index contributed by atoms with van der Waals surface area (Å²) in [6, 6.07) is 0. The van der Waals surface area contributed by atoms with Gasteiger partial charge in [0.1, 0.15) is 11.9 Å². The topological polar surface area (TPSA) is 167 Å². The number of aromatic nitrogens is 4. The molecule has 35 heavy (non-hydrogen) atoms. The fourth-order valence-electron chi connectivity index (χ4n) is 3.12. The van der Waals surface area contributed by atoms with Gasteiger partial charge in [-0.2, -0.15) is 4.98 Å². The van der Waals surface area contributed by atoms with Gasteiger partial charge < -0.3 is 24.5 Å². The van der Waals surface area contributed by atoms with Crippen molar-refractivity contribution in [2.24, 2.45) is 5.92 Å². The van der Waals surface area contributed by atoms with Crippen molar-refractivity contribution in [2.45, 2.75) is 65.0 Å². The van der Waals surface area contributed by atoms with E-state index >= 15 is 0 Å². The Morgan fingerprint density at radius 1 is 1.17 bits per heavy atom. The number of hydrogen-bond acceptors (Lipinski definition) is 12. The Bertz CT molecular complexity index is 1070. The highest BCUT2D eigenvalue weighted by Crippen LogP contribution is 2.52. The van der Waals surface area contributed by atoms with Gasteiger partial charge in [-0.1, -0.05) is 20.8 Å². The van der Waals surface area contributed by atoms with E-state index in [1.165, 1.54) is 6.20 Å². The van der Waals surface area contributed by atoms with Crippen molar-refractivity contribution in [3.8, 4) is 0 Å². The zero-order valence-electron chi connectivity index (χ0n) is 20.2. The molecule has 1 aliphatic rings. The summed E-state index contributed by atoms with van der Waals surface area (Å²) in [4.78, 5) is 35.8. The molecule has 13 nitrogen and oxygen atoms in total. The molecule has 3 rings (SSSR count). The first kappa shape index (κ1) is 27.0. The van der Waals surface area contributed by atoms with Crippen LogP contribution in [0.1, 0.15) is 52.9 Å². The summed E-state index contributed by atoms with van der Waals surface area (Å²) >= 11 is 0. The summed E-state index contributed by atoms with van der Waals surface area (Å²) < 4.78 is 41.5. The Labute approximate surface area is 203 Å². The van der Waals surface area contributed by atoms with Gasteiger partial charge in [0.05, 0.1) is 24.7 Å². The Balaban J connectivity index is 1.60. The first-order valence-electron chi connectivity index (χ1n) is 11.4. The molecule has 0 amide bonds. The third-order valence-corrected chi connectivity index (χ3v) is 6.58. The number of carbonyl (C=O) groups excluding carboxylic acids is 2. The van der Waals surface area contributed by atoms with Gasteiger partial charge in [0.25, 0.3) is 0 Å². The molecule has 2 N–H and O–H groups in total. The molecule has 2 aromatic rings. The van der Waals surface area contributed by atoms with Gasteiger partial charge in [-0.25, -0.2) is 9.97 Å². The monoisotopic (exact) mass is 513 g/mol. The van der Waals surface area contributed by atoms with Crippen LogP contribution in [0.25, 0.3) is 11.2 Å². The van der Waals surface area contributed by atoms with Crippen LogP contribution in [-0.2, 0) is 44.0 Å². The number of ether oxygens (including phenoxy) is 3. The SMILES string of the molecule is CCCC(=O)OCOP(=O)(COC1(Cn2cnc3cnc(N)nc32)CC1)OCOC(=O)CC(C)C. The fraction of sp³-hybridized carbons (Fsp3) is 0.667. The van der Waals surface area contributed by atoms with Crippen molar-refractivity contribution >= 4 is 36.6 Å². The Morgan fingerprint density at radius 3 is 2.49 bits per heavy atom. The Kier molecular flexibility index (Phi) is 9.17. The number of fused-ring (bicyclic) bond motifs is 1. The zero-order chi connectivity index (χ0) is 25.5. The molecule has 194 valence electrons. The largest absolute Gasteiger partial charge is 0.438 e. The first-order valence-corrected chi connectivity index (χ1v) is 13.1. The maximum absolute atomic E-state index is 13.3. The van der Waals surface area contributed by atoms with E-state index in [4.69, 9.17) is 29.0 Å². The lowest BCUT2D eigenvalue weighted by atomic mass is 10.1. The maximum atomic E-state index is 13.3. The van der Waals surface area contributed by atoms with E-state index in [1.54, 1.807) is 10.9 Å². The van der Waals surface area contributed by atoms with Crippen molar-refractivity contribution in [1.82, 2.24) is 19.5 Å². The van der Waals surface area contributed by atoms with Crippen LogP contribution in [0.5, 0.6) is 0 Å². The molecular weight excluding hydrogens is 481 g/mol. The normalized spacial score (nSPS) is 16.2. The number of nitrogens with two attached hydrogens (primary N) is 1. The lowest BCUT2D eigenvalue weighted by molar-refractivity contribution is -0.153. The molecule has 1 saturated carbocycles. The highest BCUT2D eigenvalue weighted by atomic mass is 31.2. The van der Waals surface area contributed by atoms with Gasteiger partial charge >= 0.3 is 19.5 Å². The highest BCUT2D eigenvalue weighted by Gasteiger charge is 2.47. The summed E-state index contributed by atoms with van der Waals surface area (Å²) in [7, 11) is -3.93. The molecule has 1 unspecified atom stereocenters. The first-order chi connectivity index (χ1) is 16.6. The number of carbonyl (C=O) groups is 2. The number of imidazole rings is 1. The van der Waals surface area contributed by atoms with Crippen LogP contribution in [-0.4, -0.2) is 57.0 Å². The Morgan fingerprint density at radius 2 is 1.86 bits per heavy atom. The molecule has 0 aliphatic heterocycles. The van der Waals surface area contributed by atoms with Gasteiger partial charge in [-0.15, -0.1) is 0 Å².